The van der Waals surface area contributed by atoms with Crippen LogP contribution in [0, 0.1) is 10.1 Å². The van der Waals surface area contributed by atoms with Crippen molar-refractivity contribution in [3.63, 3.8) is 0 Å². The highest BCUT2D eigenvalue weighted by atomic mass is 16.6. The summed E-state index contributed by atoms with van der Waals surface area (Å²) < 4.78 is 1.75. The van der Waals surface area contributed by atoms with Gasteiger partial charge in [0.05, 0.1) is 4.92 Å². The van der Waals surface area contributed by atoms with E-state index in [4.69, 9.17) is 0 Å². The Balaban J connectivity index is 3.28. The summed E-state index contributed by atoms with van der Waals surface area (Å²) in [5.41, 5.74) is 0.430. The molecule has 0 saturated carbocycles. The van der Waals surface area contributed by atoms with Crippen LogP contribution >= 0.6 is 0 Å². The van der Waals surface area contributed by atoms with Gasteiger partial charge in [-0.1, -0.05) is 6.92 Å². The molecule has 0 saturated heterocycles. The molecule has 5 nitrogen and oxygen atoms in total. The van der Waals surface area contributed by atoms with Gasteiger partial charge in [-0.25, -0.2) is 4.57 Å². The van der Waals surface area contributed by atoms with Crippen molar-refractivity contribution < 1.29 is 9.49 Å². The average Bonchev–Trinajstić information content (AvgIpc) is 2.15. The molecule has 0 bridgehead atoms. The van der Waals surface area contributed by atoms with Gasteiger partial charge in [-0.2, -0.15) is 0 Å². The van der Waals surface area contributed by atoms with E-state index in [-0.39, 0.29) is 16.1 Å². The monoisotopic (exact) mass is 210 g/mol. The summed E-state index contributed by atoms with van der Waals surface area (Å²) in [5.74, 6) is 0. The molecule has 0 radical (unpaired) electrons. The Bertz CT molecular complexity index is 383. The molecular weight excluding hydrogens is 194 g/mol. The summed E-state index contributed by atoms with van der Waals surface area (Å²) in [6.07, 6.45) is 3.76. The van der Waals surface area contributed by atoms with Gasteiger partial charge in [-0.3, -0.25) is 10.1 Å². The molecule has 0 spiro atoms. The third kappa shape index (κ3) is 2.49. The van der Waals surface area contributed by atoms with Crippen molar-refractivity contribution in [2.45, 2.75) is 39.7 Å². The maximum atomic E-state index is 10.8. The normalized spacial score (nSPS) is 11.5. The fraction of sp³-hybridized carbons (Fsp3) is 0.600. The van der Waals surface area contributed by atoms with Crippen LogP contribution in [0.5, 0.6) is 0 Å². The first-order chi connectivity index (χ1) is 6.86. The second kappa shape index (κ2) is 3.92. The van der Waals surface area contributed by atoms with Crippen LogP contribution in [-0.2, 0) is 12.0 Å². The van der Waals surface area contributed by atoms with E-state index in [9.17, 15) is 10.1 Å². The average molecular weight is 210 g/mol. The predicted octanol–water partition coefficient (Wildman–Crippen LogP) is 1.59. The number of nitrogens with zero attached hydrogens (tertiary/aromatic N) is 3. The van der Waals surface area contributed by atoms with Crippen LogP contribution in [0.2, 0.25) is 0 Å². The molecule has 0 aliphatic heterocycles. The standard InChI is InChI=1S/C10H16N3O2/c1-5-8-9(13(14)15)6-12(7-11-8)10(2,3)4/h6-7H,5H2,1-4H3/q+1. The van der Waals surface area contributed by atoms with Crippen LogP contribution < -0.4 is 4.57 Å². The summed E-state index contributed by atoms with van der Waals surface area (Å²) in [7, 11) is 0. The highest BCUT2D eigenvalue weighted by Gasteiger charge is 2.26. The Morgan fingerprint density at radius 3 is 2.53 bits per heavy atom. The summed E-state index contributed by atoms with van der Waals surface area (Å²) in [5, 5.41) is 10.8. The molecule has 15 heavy (non-hydrogen) atoms. The van der Waals surface area contributed by atoms with Crippen molar-refractivity contribution in [2.24, 2.45) is 0 Å². The van der Waals surface area contributed by atoms with Gasteiger partial charge in [-0.05, 0) is 25.8 Å². The summed E-state index contributed by atoms with van der Waals surface area (Å²) in [6.45, 7) is 7.79. The number of aromatic nitrogens is 2. The van der Waals surface area contributed by atoms with Crippen LogP contribution in [-0.4, -0.2) is 9.91 Å². The van der Waals surface area contributed by atoms with Crippen molar-refractivity contribution >= 4 is 5.69 Å². The van der Waals surface area contributed by atoms with Crippen LogP contribution in [0.25, 0.3) is 0 Å². The summed E-state index contributed by atoms with van der Waals surface area (Å²) >= 11 is 0. The van der Waals surface area contributed by atoms with Crippen molar-refractivity contribution in [1.82, 2.24) is 4.98 Å². The van der Waals surface area contributed by atoms with Crippen molar-refractivity contribution in [3.05, 3.63) is 28.3 Å². The lowest BCUT2D eigenvalue weighted by molar-refractivity contribution is -0.758. The minimum absolute atomic E-state index is 0.0925. The Hall–Kier alpha value is -1.52. The van der Waals surface area contributed by atoms with Crippen molar-refractivity contribution in [2.75, 3.05) is 0 Å². The Morgan fingerprint density at radius 1 is 1.53 bits per heavy atom. The third-order valence-electron chi connectivity index (χ3n) is 2.20. The highest BCUT2D eigenvalue weighted by Crippen LogP contribution is 2.15. The topological polar surface area (TPSA) is 59.9 Å². The maximum absolute atomic E-state index is 10.8. The zero-order valence-electron chi connectivity index (χ0n) is 9.52. The van der Waals surface area contributed by atoms with Gasteiger partial charge >= 0.3 is 5.69 Å². The fourth-order valence-electron chi connectivity index (χ4n) is 1.23. The smallest absolute Gasteiger partial charge is 0.258 e. The largest absolute Gasteiger partial charge is 0.354 e. The quantitative estimate of drug-likeness (QED) is 0.423. The Kier molecular flexibility index (Phi) is 3.02. The van der Waals surface area contributed by atoms with E-state index in [0.29, 0.717) is 12.1 Å². The zero-order chi connectivity index (χ0) is 11.6. The minimum Gasteiger partial charge on any atom is -0.258 e. The minimum atomic E-state index is -0.381. The molecule has 0 atom stereocenters. The number of nitro groups is 1. The molecular formula is C10H16N3O2+. The summed E-state index contributed by atoms with van der Waals surface area (Å²) in [6, 6.07) is 0. The van der Waals surface area contributed by atoms with Crippen LogP contribution in [0.15, 0.2) is 12.5 Å². The van der Waals surface area contributed by atoms with Crippen molar-refractivity contribution in [1.29, 1.82) is 0 Å². The van der Waals surface area contributed by atoms with Gasteiger partial charge in [0.1, 0.15) is 5.54 Å². The lowest BCUT2D eigenvalue weighted by Gasteiger charge is -2.15. The van der Waals surface area contributed by atoms with E-state index < -0.39 is 0 Å². The SMILES string of the molecule is CCc1nc[n+](C(C)(C)C)cc1[N+](=O)[O-]. The molecule has 1 rings (SSSR count). The molecule has 0 amide bonds. The Morgan fingerprint density at radius 2 is 2.13 bits per heavy atom. The third-order valence-corrected chi connectivity index (χ3v) is 2.20. The van der Waals surface area contributed by atoms with Gasteiger partial charge in [0.15, 0.2) is 6.20 Å². The van der Waals surface area contributed by atoms with Gasteiger partial charge < -0.3 is 0 Å². The lowest BCUT2D eigenvalue weighted by atomic mass is 10.1. The van der Waals surface area contributed by atoms with E-state index in [1.54, 1.807) is 17.1 Å². The second-order valence-corrected chi connectivity index (χ2v) is 4.39. The van der Waals surface area contributed by atoms with Gasteiger partial charge in [0.25, 0.3) is 6.33 Å². The molecule has 0 N–H and O–H groups in total. The van der Waals surface area contributed by atoms with Crippen LogP contribution in [0.4, 0.5) is 5.69 Å². The zero-order valence-corrected chi connectivity index (χ0v) is 9.52. The van der Waals surface area contributed by atoms with Crippen LogP contribution in [0.3, 0.4) is 0 Å². The molecule has 1 aromatic heterocycles. The predicted molar refractivity (Wildman–Crippen MR) is 55.5 cm³/mol. The molecule has 0 fully saturated rings. The van der Waals surface area contributed by atoms with Gasteiger partial charge in [0, 0.05) is 6.42 Å². The molecule has 1 heterocycles. The first-order valence-corrected chi connectivity index (χ1v) is 4.91. The number of aryl methyl sites for hydroxylation is 1. The van der Waals surface area contributed by atoms with E-state index in [1.807, 2.05) is 27.7 Å². The van der Waals surface area contributed by atoms with E-state index in [2.05, 4.69) is 4.98 Å². The first-order valence-electron chi connectivity index (χ1n) is 4.91. The first kappa shape index (κ1) is 11.6. The Labute approximate surface area is 88.9 Å². The molecule has 0 aliphatic rings. The fourth-order valence-corrected chi connectivity index (χ4v) is 1.23. The van der Waals surface area contributed by atoms with E-state index in [0.717, 1.165) is 0 Å². The highest BCUT2D eigenvalue weighted by molar-refractivity contribution is 5.29. The lowest BCUT2D eigenvalue weighted by Crippen LogP contribution is -2.50. The van der Waals surface area contributed by atoms with Gasteiger partial charge in [-0.15, -0.1) is 0 Å². The number of hydrogen-bond donors (Lipinski definition) is 0. The van der Waals surface area contributed by atoms with Crippen LogP contribution in [0.1, 0.15) is 33.4 Å². The summed E-state index contributed by atoms with van der Waals surface area (Å²) in [4.78, 5) is 14.5. The molecule has 0 unspecified atom stereocenters. The van der Waals surface area contributed by atoms with Crippen molar-refractivity contribution in [3.8, 4) is 0 Å². The van der Waals surface area contributed by atoms with E-state index >= 15 is 0 Å². The maximum Gasteiger partial charge on any atom is 0.354 e. The number of hydrogen-bond acceptors (Lipinski definition) is 3. The molecule has 0 aliphatic carbocycles. The molecule has 82 valence electrons. The number of rotatable bonds is 2. The van der Waals surface area contributed by atoms with Gasteiger partial charge in [0.2, 0.25) is 5.69 Å². The molecule has 5 heteroatoms. The molecule has 0 aromatic carbocycles. The molecule has 1 aromatic rings. The second-order valence-electron chi connectivity index (χ2n) is 4.39. The van der Waals surface area contributed by atoms with E-state index in [1.165, 1.54) is 0 Å².